The molecule has 4 heteroatoms. The Labute approximate surface area is 132 Å². The van der Waals surface area contributed by atoms with E-state index >= 15 is 0 Å². The molecular formula is C16H15BrClNO. The Balaban J connectivity index is 2.09. The molecule has 1 aliphatic rings. The molecular weight excluding hydrogens is 338 g/mol. The van der Waals surface area contributed by atoms with Crippen LogP contribution in [0.3, 0.4) is 0 Å². The molecule has 0 aromatic heterocycles. The Hall–Kier alpha value is -1.03. The average Bonchev–Trinajstić information content (AvgIpc) is 2.91. The van der Waals surface area contributed by atoms with Crippen LogP contribution in [0.25, 0.3) is 0 Å². The molecule has 1 N–H and O–H groups in total. The van der Waals surface area contributed by atoms with Gasteiger partial charge in [0.2, 0.25) is 0 Å². The van der Waals surface area contributed by atoms with E-state index in [0.29, 0.717) is 0 Å². The van der Waals surface area contributed by atoms with Gasteiger partial charge < -0.3 is 10.1 Å². The number of rotatable bonds is 3. The van der Waals surface area contributed by atoms with Crippen LogP contribution in [0.15, 0.2) is 40.9 Å². The summed E-state index contributed by atoms with van der Waals surface area (Å²) in [5.74, 6) is 1.02. The summed E-state index contributed by atoms with van der Waals surface area (Å²) in [5.41, 5.74) is 3.61. The van der Waals surface area contributed by atoms with E-state index in [4.69, 9.17) is 16.3 Å². The van der Waals surface area contributed by atoms with Gasteiger partial charge in [-0.05, 0) is 30.3 Å². The molecule has 0 spiro atoms. The SMILES string of the molecule is CNC(c1ccc(Cl)cc1Br)c1cccc2c1OCC2. The van der Waals surface area contributed by atoms with Gasteiger partial charge in [-0.25, -0.2) is 0 Å². The molecule has 104 valence electrons. The molecule has 0 aliphatic carbocycles. The monoisotopic (exact) mass is 351 g/mol. The molecule has 1 heterocycles. The Bertz CT molecular complexity index is 644. The first kappa shape index (κ1) is 13.9. The van der Waals surface area contributed by atoms with Crippen molar-refractivity contribution < 1.29 is 4.74 Å². The Morgan fingerprint density at radius 3 is 2.85 bits per heavy atom. The third kappa shape index (κ3) is 2.46. The highest BCUT2D eigenvalue weighted by Crippen LogP contribution is 2.38. The normalized spacial score (nSPS) is 14.8. The summed E-state index contributed by atoms with van der Waals surface area (Å²) in [6.07, 6.45) is 0.987. The maximum absolute atomic E-state index is 6.03. The van der Waals surface area contributed by atoms with Crippen molar-refractivity contribution >= 4 is 27.5 Å². The van der Waals surface area contributed by atoms with E-state index in [2.05, 4.69) is 39.4 Å². The Kier molecular flexibility index (Phi) is 4.01. The molecule has 20 heavy (non-hydrogen) atoms. The van der Waals surface area contributed by atoms with E-state index < -0.39 is 0 Å². The summed E-state index contributed by atoms with van der Waals surface area (Å²) in [5, 5.41) is 4.10. The molecule has 2 aromatic carbocycles. The van der Waals surface area contributed by atoms with Crippen molar-refractivity contribution in [3.05, 3.63) is 62.6 Å². The zero-order valence-electron chi connectivity index (χ0n) is 11.1. The van der Waals surface area contributed by atoms with E-state index in [0.717, 1.165) is 33.8 Å². The summed E-state index contributed by atoms with van der Waals surface area (Å²) >= 11 is 9.63. The van der Waals surface area contributed by atoms with Gasteiger partial charge in [0.05, 0.1) is 12.6 Å². The highest BCUT2D eigenvalue weighted by Gasteiger charge is 2.23. The van der Waals surface area contributed by atoms with Gasteiger partial charge in [-0.2, -0.15) is 0 Å². The number of hydrogen-bond acceptors (Lipinski definition) is 2. The van der Waals surface area contributed by atoms with E-state index in [-0.39, 0.29) is 6.04 Å². The predicted octanol–water partition coefficient (Wildman–Crippen LogP) is 4.35. The van der Waals surface area contributed by atoms with Crippen molar-refractivity contribution in [3.8, 4) is 5.75 Å². The molecule has 2 aromatic rings. The standard InChI is InChI=1S/C16H15BrClNO/c1-19-15(12-6-5-11(18)9-14(12)17)13-4-2-3-10-7-8-20-16(10)13/h2-6,9,15,19H,7-8H2,1H3. The van der Waals surface area contributed by atoms with Crippen molar-refractivity contribution in [2.24, 2.45) is 0 Å². The molecule has 0 amide bonds. The Morgan fingerprint density at radius 1 is 1.25 bits per heavy atom. The maximum atomic E-state index is 6.03. The summed E-state index contributed by atoms with van der Waals surface area (Å²) in [6, 6.07) is 12.3. The molecule has 1 unspecified atom stereocenters. The van der Waals surface area contributed by atoms with Gasteiger partial charge in [-0.3, -0.25) is 0 Å². The molecule has 0 saturated carbocycles. The Morgan fingerprint density at radius 2 is 2.10 bits per heavy atom. The van der Waals surface area contributed by atoms with Crippen LogP contribution in [0.1, 0.15) is 22.7 Å². The lowest BCUT2D eigenvalue weighted by molar-refractivity contribution is 0.351. The van der Waals surface area contributed by atoms with Gasteiger partial charge in [-0.1, -0.05) is 51.8 Å². The lowest BCUT2D eigenvalue weighted by Gasteiger charge is -2.21. The maximum Gasteiger partial charge on any atom is 0.127 e. The molecule has 2 nitrogen and oxygen atoms in total. The van der Waals surface area contributed by atoms with Gasteiger partial charge in [0.1, 0.15) is 5.75 Å². The highest BCUT2D eigenvalue weighted by atomic mass is 79.9. The van der Waals surface area contributed by atoms with Crippen LogP contribution in [0.4, 0.5) is 0 Å². The van der Waals surface area contributed by atoms with Crippen LogP contribution in [-0.4, -0.2) is 13.7 Å². The zero-order valence-corrected chi connectivity index (χ0v) is 13.5. The number of benzene rings is 2. The molecule has 0 fully saturated rings. The summed E-state index contributed by atoms with van der Waals surface area (Å²) < 4.78 is 6.82. The quantitative estimate of drug-likeness (QED) is 0.887. The minimum absolute atomic E-state index is 0.0784. The largest absolute Gasteiger partial charge is 0.493 e. The summed E-state index contributed by atoms with van der Waals surface area (Å²) in [7, 11) is 1.96. The minimum atomic E-state index is 0.0784. The van der Waals surface area contributed by atoms with Gasteiger partial charge in [0.25, 0.3) is 0 Å². The summed E-state index contributed by atoms with van der Waals surface area (Å²) in [4.78, 5) is 0. The lowest BCUT2D eigenvalue weighted by atomic mass is 9.96. The predicted molar refractivity (Wildman–Crippen MR) is 85.7 cm³/mol. The number of nitrogens with one attached hydrogen (secondary N) is 1. The number of halogens is 2. The van der Waals surface area contributed by atoms with Crippen LogP contribution in [-0.2, 0) is 6.42 Å². The van der Waals surface area contributed by atoms with Crippen LogP contribution in [0.5, 0.6) is 5.75 Å². The molecule has 0 radical (unpaired) electrons. The first-order valence-corrected chi connectivity index (χ1v) is 7.74. The molecule has 1 atom stereocenters. The van der Waals surface area contributed by atoms with Crippen molar-refractivity contribution in [1.29, 1.82) is 0 Å². The smallest absolute Gasteiger partial charge is 0.127 e. The average molecular weight is 353 g/mol. The first-order valence-electron chi connectivity index (χ1n) is 6.57. The minimum Gasteiger partial charge on any atom is -0.493 e. The van der Waals surface area contributed by atoms with Crippen LogP contribution < -0.4 is 10.1 Å². The topological polar surface area (TPSA) is 21.3 Å². The van der Waals surface area contributed by atoms with Gasteiger partial charge >= 0.3 is 0 Å². The van der Waals surface area contributed by atoms with Crippen molar-refractivity contribution in [1.82, 2.24) is 5.32 Å². The number of ether oxygens (including phenoxy) is 1. The molecule has 0 saturated heterocycles. The van der Waals surface area contributed by atoms with Gasteiger partial charge in [0, 0.05) is 21.5 Å². The van der Waals surface area contributed by atoms with E-state index in [1.54, 1.807) is 0 Å². The second kappa shape index (κ2) is 5.76. The van der Waals surface area contributed by atoms with Crippen LogP contribution >= 0.6 is 27.5 Å². The first-order chi connectivity index (χ1) is 9.70. The highest BCUT2D eigenvalue weighted by molar-refractivity contribution is 9.10. The fraction of sp³-hybridized carbons (Fsp3) is 0.250. The van der Waals surface area contributed by atoms with Crippen LogP contribution in [0, 0.1) is 0 Å². The fourth-order valence-corrected chi connectivity index (χ4v) is 3.59. The number of para-hydroxylation sites is 1. The molecule has 3 rings (SSSR count). The lowest BCUT2D eigenvalue weighted by Crippen LogP contribution is -2.18. The second-order valence-electron chi connectivity index (χ2n) is 4.82. The van der Waals surface area contributed by atoms with E-state index in [1.807, 2.05) is 25.2 Å². The third-order valence-corrected chi connectivity index (χ3v) is 4.54. The van der Waals surface area contributed by atoms with Gasteiger partial charge in [-0.15, -0.1) is 0 Å². The molecule has 1 aliphatic heterocycles. The van der Waals surface area contributed by atoms with Crippen molar-refractivity contribution in [2.75, 3.05) is 13.7 Å². The third-order valence-electron chi connectivity index (χ3n) is 3.62. The second-order valence-corrected chi connectivity index (χ2v) is 6.11. The van der Waals surface area contributed by atoms with Gasteiger partial charge in [0.15, 0.2) is 0 Å². The van der Waals surface area contributed by atoms with Crippen molar-refractivity contribution in [3.63, 3.8) is 0 Å². The van der Waals surface area contributed by atoms with Crippen LogP contribution in [0.2, 0.25) is 5.02 Å². The molecule has 0 bridgehead atoms. The van der Waals surface area contributed by atoms with E-state index in [9.17, 15) is 0 Å². The summed E-state index contributed by atoms with van der Waals surface area (Å²) in [6.45, 7) is 0.768. The van der Waals surface area contributed by atoms with E-state index in [1.165, 1.54) is 11.1 Å². The fourth-order valence-electron chi connectivity index (χ4n) is 2.68. The number of fused-ring (bicyclic) bond motifs is 1. The van der Waals surface area contributed by atoms with Crippen molar-refractivity contribution in [2.45, 2.75) is 12.5 Å². The number of hydrogen-bond donors (Lipinski definition) is 1. The zero-order chi connectivity index (χ0) is 14.1.